The molecule has 0 aromatic carbocycles. The van der Waals surface area contributed by atoms with Crippen LogP contribution in [0.25, 0.3) is 0 Å². The number of aryl methyl sites for hydroxylation is 1. The van der Waals surface area contributed by atoms with E-state index in [9.17, 15) is 4.79 Å². The van der Waals surface area contributed by atoms with Gasteiger partial charge in [0, 0.05) is 24.8 Å². The van der Waals surface area contributed by atoms with Crippen molar-refractivity contribution in [1.82, 2.24) is 9.97 Å². The molecule has 2 heterocycles. The Balaban J connectivity index is 2.16. The van der Waals surface area contributed by atoms with E-state index >= 15 is 0 Å². The second-order valence-electron chi connectivity index (χ2n) is 4.09. The summed E-state index contributed by atoms with van der Waals surface area (Å²) in [6, 6.07) is 0. The molecule has 6 nitrogen and oxygen atoms in total. The van der Waals surface area contributed by atoms with Crippen LogP contribution in [0.3, 0.4) is 0 Å². The van der Waals surface area contributed by atoms with E-state index in [1.54, 1.807) is 11.9 Å². The third kappa shape index (κ3) is 2.52. The van der Waals surface area contributed by atoms with E-state index in [4.69, 9.17) is 9.84 Å². The van der Waals surface area contributed by atoms with Crippen molar-refractivity contribution in [2.45, 2.75) is 26.6 Å². The van der Waals surface area contributed by atoms with Crippen LogP contribution < -0.4 is 4.90 Å². The van der Waals surface area contributed by atoms with E-state index in [1.165, 1.54) is 0 Å². The zero-order valence-corrected chi connectivity index (χ0v) is 9.93. The predicted molar refractivity (Wildman–Crippen MR) is 60.8 cm³/mol. The molecule has 92 valence electrons. The summed E-state index contributed by atoms with van der Waals surface area (Å²) in [5, 5.41) is 8.63. The molecule has 2 rings (SSSR count). The Kier molecular flexibility index (Phi) is 3.23. The van der Waals surface area contributed by atoms with Gasteiger partial charge in [0.1, 0.15) is 0 Å². The van der Waals surface area contributed by atoms with Crippen molar-refractivity contribution in [3.8, 4) is 0 Å². The summed E-state index contributed by atoms with van der Waals surface area (Å²) in [5.74, 6) is -0.258. The van der Waals surface area contributed by atoms with Gasteiger partial charge >= 0.3 is 5.97 Å². The smallest absolute Gasteiger partial charge is 0.305 e. The molecule has 0 saturated carbocycles. The van der Waals surface area contributed by atoms with Crippen molar-refractivity contribution in [1.29, 1.82) is 0 Å². The van der Waals surface area contributed by atoms with Gasteiger partial charge in [-0.2, -0.15) is 0 Å². The number of aromatic nitrogens is 2. The molecule has 0 atom stereocenters. The van der Waals surface area contributed by atoms with Gasteiger partial charge in [-0.15, -0.1) is 0 Å². The third-order valence-electron chi connectivity index (χ3n) is 2.78. The van der Waals surface area contributed by atoms with Crippen molar-refractivity contribution in [3.63, 3.8) is 0 Å². The summed E-state index contributed by atoms with van der Waals surface area (Å²) < 4.78 is 5.31. The Hall–Kier alpha value is -1.69. The van der Waals surface area contributed by atoms with Gasteiger partial charge in [0.15, 0.2) is 0 Å². The van der Waals surface area contributed by atoms with Crippen LogP contribution in [0, 0.1) is 6.92 Å². The van der Waals surface area contributed by atoms with Crippen LogP contribution >= 0.6 is 0 Å². The number of fused-ring (bicyclic) bond motifs is 1. The molecular formula is C11H15N3O3. The summed E-state index contributed by atoms with van der Waals surface area (Å²) in [5.41, 5.74) is 2.87. The molecule has 0 radical (unpaired) electrons. The lowest BCUT2D eigenvalue weighted by atomic mass is 10.2. The zero-order chi connectivity index (χ0) is 12.4. The molecule has 0 saturated heterocycles. The first-order chi connectivity index (χ1) is 8.08. The van der Waals surface area contributed by atoms with E-state index in [-0.39, 0.29) is 6.42 Å². The van der Waals surface area contributed by atoms with Gasteiger partial charge in [-0.05, 0) is 6.92 Å². The minimum absolute atomic E-state index is 0.0759. The molecule has 0 unspecified atom stereocenters. The maximum atomic E-state index is 10.5. The van der Waals surface area contributed by atoms with E-state index < -0.39 is 5.97 Å². The number of hydrogen-bond acceptors (Lipinski definition) is 5. The Labute approximate surface area is 99.2 Å². The highest BCUT2D eigenvalue weighted by Crippen LogP contribution is 2.22. The fraction of sp³-hybridized carbons (Fsp3) is 0.545. The van der Waals surface area contributed by atoms with Gasteiger partial charge in [0.25, 0.3) is 0 Å². The van der Waals surface area contributed by atoms with Crippen molar-refractivity contribution in [2.75, 3.05) is 18.5 Å². The first-order valence-corrected chi connectivity index (χ1v) is 5.45. The summed E-state index contributed by atoms with van der Waals surface area (Å²) >= 11 is 0. The molecule has 1 aromatic heterocycles. The second-order valence-corrected chi connectivity index (χ2v) is 4.09. The van der Waals surface area contributed by atoms with E-state index in [1.807, 2.05) is 6.92 Å². The first kappa shape index (κ1) is 11.8. The van der Waals surface area contributed by atoms with Gasteiger partial charge in [0.05, 0.1) is 25.3 Å². The average molecular weight is 237 g/mol. The quantitative estimate of drug-likeness (QED) is 0.831. The molecule has 0 bridgehead atoms. The number of hydrogen-bond donors (Lipinski definition) is 1. The summed E-state index contributed by atoms with van der Waals surface area (Å²) in [6.07, 6.45) is 0.0759. The lowest BCUT2D eigenvalue weighted by Gasteiger charge is -2.17. The largest absolute Gasteiger partial charge is 0.481 e. The molecule has 0 amide bonds. The topological polar surface area (TPSA) is 75.6 Å². The number of carboxylic acid groups (broad SMARTS) is 1. The molecule has 1 N–H and O–H groups in total. The van der Waals surface area contributed by atoms with E-state index in [0.717, 1.165) is 17.0 Å². The summed E-state index contributed by atoms with van der Waals surface area (Å²) in [7, 11) is 1.79. The molecule has 1 aliphatic heterocycles. The first-order valence-electron chi connectivity index (χ1n) is 5.45. The van der Waals surface area contributed by atoms with Crippen LogP contribution in [0.15, 0.2) is 0 Å². The minimum atomic E-state index is -0.821. The summed E-state index contributed by atoms with van der Waals surface area (Å²) in [4.78, 5) is 21.0. The predicted octanol–water partition coefficient (Wildman–Crippen LogP) is 0.726. The highest BCUT2D eigenvalue weighted by molar-refractivity contribution is 5.67. The van der Waals surface area contributed by atoms with Crippen molar-refractivity contribution >= 4 is 11.9 Å². The number of rotatable bonds is 4. The van der Waals surface area contributed by atoms with Gasteiger partial charge in [-0.3, -0.25) is 4.79 Å². The number of carboxylic acids is 1. The van der Waals surface area contributed by atoms with Crippen LogP contribution in [0.5, 0.6) is 0 Å². The Bertz CT molecular complexity index is 448. The van der Waals surface area contributed by atoms with Crippen molar-refractivity contribution < 1.29 is 14.6 Å². The number of ether oxygens (including phenoxy) is 1. The molecule has 17 heavy (non-hydrogen) atoms. The zero-order valence-electron chi connectivity index (χ0n) is 9.93. The van der Waals surface area contributed by atoms with Gasteiger partial charge in [-0.25, -0.2) is 9.97 Å². The fourth-order valence-electron chi connectivity index (χ4n) is 1.73. The number of aliphatic carboxylic acids is 1. The number of anilines is 1. The highest BCUT2D eigenvalue weighted by atomic mass is 16.5. The molecule has 1 aromatic rings. The van der Waals surface area contributed by atoms with Crippen molar-refractivity contribution in [2.24, 2.45) is 0 Å². The highest BCUT2D eigenvalue weighted by Gasteiger charge is 2.19. The maximum Gasteiger partial charge on any atom is 0.305 e. The average Bonchev–Trinajstić information content (AvgIpc) is 2.74. The molecule has 0 spiro atoms. The van der Waals surface area contributed by atoms with Gasteiger partial charge < -0.3 is 14.7 Å². The van der Waals surface area contributed by atoms with Crippen LogP contribution in [0.4, 0.5) is 5.95 Å². The van der Waals surface area contributed by atoms with Gasteiger partial charge in [-0.1, -0.05) is 0 Å². The maximum absolute atomic E-state index is 10.5. The van der Waals surface area contributed by atoms with Crippen LogP contribution in [-0.4, -0.2) is 34.6 Å². The molecule has 0 fully saturated rings. The molecular weight excluding hydrogens is 222 g/mol. The third-order valence-corrected chi connectivity index (χ3v) is 2.78. The Morgan fingerprint density at radius 2 is 2.24 bits per heavy atom. The van der Waals surface area contributed by atoms with Gasteiger partial charge in [0.2, 0.25) is 5.95 Å². The van der Waals surface area contributed by atoms with Crippen LogP contribution in [-0.2, 0) is 22.7 Å². The lowest BCUT2D eigenvalue weighted by Crippen LogP contribution is -2.24. The second kappa shape index (κ2) is 4.67. The van der Waals surface area contributed by atoms with E-state index in [0.29, 0.717) is 25.7 Å². The van der Waals surface area contributed by atoms with Crippen LogP contribution in [0.1, 0.15) is 23.4 Å². The normalized spacial score (nSPS) is 13.5. The molecule has 0 aliphatic carbocycles. The Morgan fingerprint density at radius 1 is 1.47 bits per heavy atom. The number of nitrogens with zero attached hydrogens (tertiary/aromatic N) is 3. The molecule has 6 heteroatoms. The lowest BCUT2D eigenvalue weighted by molar-refractivity contribution is -0.136. The minimum Gasteiger partial charge on any atom is -0.481 e. The van der Waals surface area contributed by atoms with Crippen molar-refractivity contribution in [3.05, 3.63) is 17.0 Å². The SMILES string of the molecule is Cc1nc(N(C)CCC(=O)O)nc2c1COC2. The monoisotopic (exact) mass is 237 g/mol. The fourth-order valence-corrected chi connectivity index (χ4v) is 1.73. The standard InChI is InChI=1S/C11H15N3O3/c1-7-8-5-17-6-9(8)13-11(12-7)14(2)4-3-10(15)16/h3-6H2,1-2H3,(H,15,16). The van der Waals surface area contributed by atoms with Crippen LogP contribution in [0.2, 0.25) is 0 Å². The van der Waals surface area contributed by atoms with E-state index in [2.05, 4.69) is 9.97 Å². The molecule has 1 aliphatic rings. The number of carbonyl (C=O) groups is 1. The summed E-state index contributed by atoms with van der Waals surface area (Å²) in [6.45, 7) is 3.40. The Morgan fingerprint density at radius 3 is 2.94 bits per heavy atom.